The molecule has 2 nitrogen and oxygen atoms in total. The van der Waals surface area contributed by atoms with Gasteiger partial charge >= 0.3 is 0 Å². The van der Waals surface area contributed by atoms with Crippen LogP contribution in [0.2, 0.25) is 0 Å². The number of hydrogen-bond donors (Lipinski definition) is 1. The standard InChI is InChI=1S/CH2O2S/c2-1-4-3/h1,3H. The van der Waals surface area contributed by atoms with Crippen LogP contribution in [0.5, 0.6) is 0 Å². The fourth-order valence-electron chi connectivity index (χ4n) is 0. The maximum absolute atomic E-state index is 8.89. The van der Waals surface area contributed by atoms with Gasteiger partial charge in [-0.25, -0.2) is 0 Å². The molecule has 0 aromatic heterocycles. The molecule has 0 aliphatic rings. The molecule has 0 aliphatic heterocycles. The Kier molecular flexibility index (Phi) is 2.97. The zero-order chi connectivity index (χ0) is 3.41. The smallest absolute Gasteiger partial charge is 0.202 e. The van der Waals surface area contributed by atoms with Crippen LogP contribution in [0.1, 0.15) is 0 Å². The van der Waals surface area contributed by atoms with Gasteiger partial charge in [-0.05, 0) is 0 Å². The van der Waals surface area contributed by atoms with Crippen LogP contribution in [-0.2, 0) is 4.79 Å². The highest BCUT2D eigenvalue weighted by molar-refractivity contribution is 8.06. The van der Waals surface area contributed by atoms with Crippen LogP contribution in [0, 0.1) is 0 Å². The van der Waals surface area contributed by atoms with E-state index in [4.69, 9.17) is 9.35 Å². The fraction of sp³-hybridized carbons (Fsp3) is 0. The van der Waals surface area contributed by atoms with E-state index >= 15 is 0 Å². The van der Waals surface area contributed by atoms with E-state index in [1.807, 2.05) is 0 Å². The van der Waals surface area contributed by atoms with Crippen LogP contribution >= 0.6 is 12.0 Å². The van der Waals surface area contributed by atoms with Crippen molar-refractivity contribution in [3.63, 3.8) is 0 Å². The van der Waals surface area contributed by atoms with Gasteiger partial charge in [-0.2, -0.15) is 0 Å². The lowest BCUT2D eigenvalue weighted by atomic mass is 11.8. The number of hydrogen-bond acceptors (Lipinski definition) is 3. The van der Waals surface area contributed by atoms with E-state index in [-0.39, 0.29) is 12.0 Å². The Morgan fingerprint density at radius 3 is 2.25 bits per heavy atom. The highest BCUT2D eigenvalue weighted by Crippen LogP contribution is 1.72. The van der Waals surface area contributed by atoms with E-state index in [1.54, 1.807) is 0 Å². The largest absolute Gasteiger partial charge is 0.323 e. The summed E-state index contributed by atoms with van der Waals surface area (Å²) < 4.78 is 7.42. The van der Waals surface area contributed by atoms with Gasteiger partial charge in [-0.15, -0.1) is 0 Å². The first kappa shape index (κ1) is 3.98. The summed E-state index contributed by atoms with van der Waals surface area (Å²) in [6.45, 7) is 0. The molecule has 0 amide bonds. The minimum absolute atomic E-state index is 0.176. The Balaban J connectivity index is 2.30. The molecule has 0 rings (SSSR count). The molecule has 0 aromatic carbocycles. The second-order valence-corrected chi connectivity index (χ2v) is 0.605. The van der Waals surface area contributed by atoms with Crippen molar-refractivity contribution < 1.29 is 9.35 Å². The average Bonchev–Trinajstić information content (AvgIpc) is 1.37. The maximum Gasteiger partial charge on any atom is 0.202 e. The molecule has 0 atom stereocenters. The van der Waals surface area contributed by atoms with E-state index in [2.05, 4.69) is 0 Å². The summed E-state index contributed by atoms with van der Waals surface area (Å²) in [4.78, 5) is 8.89. The molecule has 0 bridgehead atoms. The second kappa shape index (κ2) is 2.98. The first-order valence-corrected chi connectivity index (χ1v) is 1.49. The summed E-state index contributed by atoms with van der Waals surface area (Å²) in [5.74, 6) is 0. The summed E-state index contributed by atoms with van der Waals surface area (Å²) in [6, 6.07) is 0. The van der Waals surface area contributed by atoms with Gasteiger partial charge in [0.1, 0.15) is 0 Å². The highest BCUT2D eigenvalue weighted by Gasteiger charge is 1.54. The van der Waals surface area contributed by atoms with Gasteiger partial charge < -0.3 is 4.55 Å². The first-order valence-electron chi connectivity index (χ1n) is 0.654. The third kappa shape index (κ3) is 1.98. The predicted molar refractivity (Wildman–Crippen MR) is 17.0 cm³/mol. The Labute approximate surface area is 28.0 Å². The van der Waals surface area contributed by atoms with Gasteiger partial charge in [-0.1, -0.05) is 0 Å². The number of carbonyl (C=O) groups excluding carboxylic acids is 1. The molecule has 0 unspecified atom stereocenters. The van der Waals surface area contributed by atoms with Crippen molar-refractivity contribution in [2.24, 2.45) is 0 Å². The Bertz CT molecular complexity index is 20.0. The molecule has 0 saturated carbocycles. The molecule has 0 radical (unpaired) electrons. The summed E-state index contributed by atoms with van der Waals surface area (Å²) in [7, 11) is 0. The minimum Gasteiger partial charge on any atom is -0.323 e. The molecule has 0 saturated heterocycles. The van der Waals surface area contributed by atoms with Crippen molar-refractivity contribution in [1.29, 1.82) is 0 Å². The van der Waals surface area contributed by atoms with Crippen molar-refractivity contribution in [2.75, 3.05) is 0 Å². The second-order valence-electron chi connectivity index (χ2n) is 0.202. The van der Waals surface area contributed by atoms with Crippen molar-refractivity contribution in [2.45, 2.75) is 0 Å². The average molecular weight is 78.1 g/mol. The highest BCUT2D eigenvalue weighted by atomic mass is 32.2. The van der Waals surface area contributed by atoms with E-state index in [9.17, 15) is 0 Å². The third-order valence-corrected chi connectivity index (χ3v) is 0.129. The summed E-state index contributed by atoms with van der Waals surface area (Å²) in [5.41, 5.74) is 0.347. The number of carbonyl (C=O) groups is 1. The van der Waals surface area contributed by atoms with Crippen LogP contribution in [-0.4, -0.2) is 10.2 Å². The third-order valence-electron chi connectivity index (χ3n) is 0.0430. The van der Waals surface area contributed by atoms with Crippen molar-refractivity contribution in [3.05, 3.63) is 0 Å². The summed E-state index contributed by atoms with van der Waals surface area (Å²) in [6.07, 6.45) is 0. The normalized spacial score (nSPS) is 6.25. The fourth-order valence-corrected chi connectivity index (χ4v) is 0. The number of rotatable bonds is 1. The van der Waals surface area contributed by atoms with Crippen molar-refractivity contribution in [1.82, 2.24) is 0 Å². The topological polar surface area (TPSA) is 37.3 Å². The predicted octanol–water partition coefficient (Wildman–Crippen LogP) is 0.383. The van der Waals surface area contributed by atoms with Crippen molar-refractivity contribution >= 4 is 17.7 Å². The molecule has 0 heterocycles. The zero-order valence-electron chi connectivity index (χ0n) is 1.84. The molecule has 0 aliphatic carbocycles. The molecule has 3 heteroatoms. The first-order chi connectivity index (χ1) is 1.91. The molecule has 24 valence electrons. The van der Waals surface area contributed by atoms with E-state index in [0.717, 1.165) is 0 Å². The SMILES string of the molecule is O=CSO. The molecule has 1 N–H and O–H groups in total. The Morgan fingerprint density at radius 2 is 2.25 bits per heavy atom. The monoisotopic (exact) mass is 78.0 g/mol. The van der Waals surface area contributed by atoms with E-state index in [0.29, 0.717) is 5.62 Å². The molecule has 0 aromatic rings. The zero-order valence-corrected chi connectivity index (χ0v) is 2.66. The van der Waals surface area contributed by atoms with Crippen LogP contribution in [0.4, 0.5) is 0 Å². The van der Waals surface area contributed by atoms with E-state index in [1.165, 1.54) is 0 Å². The van der Waals surface area contributed by atoms with Gasteiger partial charge in [0.25, 0.3) is 0 Å². The van der Waals surface area contributed by atoms with Gasteiger partial charge in [-0.3, -0.25) is 4.79 Å². The minimum atomic E-state index is 0.176. The molecule has 0 fully saturated rings. The van der Waals surface area contributed by atoms with Crippen LogP contribution < -0.4 is 0 Å². The van der Waals surface area contributed by atoms with Crippen LogP contribution in [0.3, 0.4) is 0 Å². The summed E-state index contributed by atoms with van der Waals surface area (Å²) >= 11 is 0.176. The lowest BCUT2D eigenvalue weighted by Crippen LogP contribution is -1.45. The van der Waals surface area contributed by atoms with E-state index < -0.39 is 0 Å². The molecule has 0 spiro atoms. The quantitative estimate of drug-likeness (QED) is 0.364. The lowest BCUT2D eigenvalue weighted by Gasteiger charge is -1.53. The lowest BCUT2D eigenvalue weighted by molar-refractivity contribution is 0.565. The van der Waals surface area contributed by atoms with Crippen molar-refractivity contribution in [3.8, 4) is 0 Å². The molecular weight excluding hydrogens is 76.1 g/mol. The van der Waals surface area contributed by atoms with Gasteiger partial charge in [0.2, 0.25) is 5.62 Å². The Morgan fingerprint density at radius 1 is 2.00 bits per heavy atom. The Hall–Kier alpha value is -0.0200. The van der Waals surface area contributed by atoms with Gasteiger partial charge in [0.15, 0.2) is 0 Å². The van der Waals surface area contributed by atoms with Gasteiger partial charge in [0, 0.05) is 0 Å². The molecular formula is CH2O2S. The van der Waals surface area contributed by atoms with Crippen LogP contribution in [0.25, 0.3) is 0 Å². The summed E-state index contributed by atoms with van der Waals surface area (Å²) in [5, 5.41) is 0. The van der Waals surface area contributed by atoms with Gasteiger partial charge in [0.05, 0.1) is 12.0 Å². The maximum atomic E-state index is 8.89. The molecule has 4 heavy (non-hydrogen) atoms. The van der Waals surface area contributed by atoms with Crippen LogP contribution in [0.15, 0.2) is 0 Å².